The number of ether oxygens (including phenoxy) is 1. The van der Waals surface area contributed by atoms with Gasteiger partial charge in [0.1, 0.15) is 0 Å². The van der Waals surface area contributed by atoms with Crippen LogP contribution in [0.5, 0.6) is 0 Å². The Morgan fingerprint density at radius 2 is 2.08 bits per heavy atom. The van der Waals surface area contributed by atoms with Gasteiger partial charge in [0.05, 0.1) is 12.7 Å². The van der Waals surface area contributed by atoms with Crippen molar-refractivity contribution < 1.29 is 13.5 Å². The second kappa shape index (κ2) is 3.29. The molecule has 1 aliphatic rings. The highest BCUT2D eigenvalue weighted by molar-refractivity contribution is 4.93. The topological polar surface area (TPSA) is 9.23 Å². The molecule has 1 aliphatic carbocycles. The van der Waals surface area contributed by atoms with Gasteiger partial charge in [-0.15, -0.1) is 0 Å². The molecule has 0 aliphatic heterocycles. The van der Waals surface area contributed by atoms with Crippen LogP contribution in [0.15, 0.2) is 0 Å². The molecule has 1 fully saturated rings. The van der Waals surface area contributed by atoms with Crippen molar-refractivity contribution in [3.05, 3.63) is 0 Å². The summed E-state index contributed by atoms with van der Waals surface area (Å²) in [6.07, 6.45) is 0.771. The minimum Gasteiger partial charge on any atom is -0.378 e. The Bertz CT molecular complexity index is 151. The van der Waals surface area contributed by atoms with Gasteiger partial charge in [-0.1, -0.05) is 0 Å². The van der Waals surface area contributed by atoms with Crippen molar-refractivity contribution in [1.29, 1.82) is 0 Å². The molecule has 0 aromatic rings. The first kappa shape index (κ1) is 9.90. The Labute approximate surface area is 72.1 Å². The van der Waals surface area contributed by atoms with E-state index < -0.39 is 11.8 Å². The first-order valence-electron chi connectivity index (χ1n) is 4.40. The molecule has 2 atom stereocenters. The predicted molar refractivity (Wildman–Crippen MR) is 43.3 cm³/mol. The fourth-order valence-corrected chi connectivity index (χ4v) is 1.37. The summed E-state index contributed by atoms with van der Waals surface area (Å²) in [6.45, 7) is 5.32. The van der Waals surface area contributed by atoms with Crippen LogP contribution >= 0.6 is 0 Å². The molecule has 12 heavy (non-hydrogen) atoms. The summed E-state index contributed by atoms with van der Waals surface area (Å²) in [5.74, 6) is -2.85. The van der Waals surface area contributed by atoms with Crippen molar-refractivity contribution in [3.63, 3.8) is 0 Å². The van der Waals surface area contributed by atoms with Crippen LogP contribution in [-0.2, 0) is 4.74 Å². The molecule has 1 saturated carbocycles. The van der Waals surface area contributed by atoms with E-state index >= 15 is 0 Å². The molecule has 1 nitrogen and oxygen atoms in total. The van der Waals surface area contributed by atoms with Crippen LogP contribution < -0.4 is 0 Å². The summed E-state index contributed by atoms with van der Waals surface area (Å²) in [7, 11) is 0. The fourth-order valence-electron chi connectivity index (χ4n) is 1.37. The van der Waals surface area contributed by atoms with Gasteiger partial charge in [0, 0.05) is 5.92 Å². The van der Waals surface area contributed by atoms with Crippen LogP contribution in [0.4, 0.5) is 8.78 Å². The SMILES string of the molecule is CC(C)OC[C@@H]1C[C@H]1C(C)(F)F. The molecule has 0 N–H and O–H groups in total. The smallest absolute Gasteiger partial charge is 0.248 e. The quantitative estimate of drug-likeness (QED) is 0.643. The van der Waals surface area contributed by atoms with Crippen molar-refractivity contribution >= 4 is 0 Å². The molecule has 0 heterocycles. The van der Waals surface area contributed by atoms with Gasteiger partial charge in [0.2, 0.25) is 5.92 Å². The second-order valence-electron chi connectivity index (χ2n) is 3.94. The molecule has 3 heteroatoms. The average molecular weight is 178 g/mol. The van der Waals surface area contributed by atoms with E-state index in [-0.39, 0.29) is 12.0 Å². The zero-order chi connectivity index (χ0) is 9.35. The number of hydrogen-bond donors (Lipinski definition) is 0. The lowest BCUT2D eigenvalue weighted by molar-refractivity contribution is -0.0171. The van der Waals surface area contributed by atoms with Gasteiger partial charge in [-0.3, -0.25) is 0 Å². The van der Waals surface area contributed by atoms with E-state index in [9.17, 15) is 8.78 Å². The summed E-state index contributed by atoms with van der Waals surface area (Å²) in [6, 6.07) is 0. The summed E-state index contributed by atoms with van der Waals surface area (Å²) >= 11 is 0. The summed E-state index contributed by atoms with van der Waals surface area (Å²) in [5.41, 5.74) is 0. The molecule has 72 valence electrons. The highest BCUT2D eigenvalue weighted by atomic mass is 19.3. The maximum atomic E-state index is 12.6. The van der Waals surface area contributed by atoms with Crippen molar-refractivity contribution in [1.82, 2.24) is 0 Å². The lowest BCUT2D eigenvalue weighted by atomic mass is 10.2. The summed E-state index contributed by atoms with van der Waals surface area (Å²) < 4.78 is 30.5. The number of alkyl halides is 2. The van der Waals surface area contributed by atoms with Crippen molar-refractivity contribution in [3.8, 4) is 0 Å². The number of hydrogen-bond acceptors (Lipinski definition) is 1. The molecule has 0 aromatic heterocycles. The van der Waals surface area contributed by atoms with Gasteiger partial charge in [0.15, 0.2) is 0 Å². The van der Waals surface area contributed by atoms with E-state index in [1.165, 1.54) is 0 Å². The lowest BCUT2D eigenvalue weighted by Gasteiger charge is -2.10. The average Bonchev–Trinajstić information content (AvgIpc) is 2.59. The first-order valence-corrected chi connectivity index (χ1v) is 4.40. The second-order valence-corrected chi connectivity index (χ2v) is 3.94. The zero-order valence-electron chi connectivity index (χ0n) is 7.81. The van der Waals surface area contributed by atoms with Gasteiger partial charge in [-0.2, -0.15) is 0 Å². The van der Waals surface area contributed by atoms with Crippen LogP contribution in [0, 0.1) is 11.8 Å². The van der Waals surface area contributed by atoms with Crippen LogP contribution in [0.1, 0.15) is 27.2 Å². The lowest BCUT2D eigenvalue weighted by Crippen LogP contribution is -2.16. The zero-order valence-corrected chi connectivity index (χ0v) is 7.81. The molecule has 0 bridgehead atoms. The molecule has 0 saturated heterocycles. The van der Waals surface area contributed by atoms with Gasteiger partial charge < -0.3 is 4.74 Å². The van der Waals surface area contributed by atoms with Crippen LogP contribution in [0.25, 0.3) is 0 Å². The van der Waals surface area contributed by atoms with E-state index in [4.69, 9.17) is 4.74 Å². The van der Waals surface area contributed by atoms with E-state index in [2.05, 4.69) is 0 Å². The van der Waals surface area contributed by atoms with Crippen molar-refractivity contribution in [2.24, 2.45) is 11.8 Å². The molecular weight excluding hydrogens is 162 g/mol. The third-order valence-corrected chi connectivity index (χ3v) is 2.22. The van der Waals surface area contributed by atoms with Gasteiger partial charge in [-0.25, -0.2) is 8.78 Å². The molecular formula is C9H16F2O. The predicted octanol–water partition coefficient (Wildman–Crippen LogP) is 2.70. The summed E-state index contributed by atoms with van der Waals surface area (Å²) in [5, 5.41) is 0. The van der Waals surface area contributed by atoms with E-state index in [1.807, 2.05) is 13.8 Å². The van der Waals surface area contributed by atoms with Crippen LogP contribution in [-0.4, -0.2) is 18.6 Å². The Morgan fingerprint density at radius 1 is 1.50 bits per heavy atom. The van der Waals surface area contributed by atoms with Gasteiger partial charge in [0.25, 0.3) is 0 Å². The molecule has 0 spiro atoms. The molecule has 0 unspecified atom stereocenters. The highest BCUT2D eigenvalue weighted by Crippen LogP contribution is 2.49. The van der Waals surface area contributed by atoms with Crippen LogP contribution in [0.3, 0.4) is 0 Å². The highest BCUT2D eigenvalue weighted by Gasteiger charge is 2.51. The Hall–Kier alpha value is -0.180. The first-order chi connectivity index (χ1) is 5.41. The monoisotopic (exact) mass is 178 g/mol. The Balaban J connectivity index is 2.16. The molecule has 0 amide bonds. The molecule has 1 rings (SSSR count). The van der Waals surface area contributed by atoms with Crippen LogP contribution in [0.2, 0.25) is 0 Å². The van der Waals surface area contributed by atoms with E-state index in [1.54, 1.807) is 0 Å². The van der Waals surface area contributed by atoms with Crippen molar-refractivity contribution in [2.45, 2.75) is 39.2 Å². The number of halogens is 2. The Kier molecular flexibility index (Phi) is 2.71. The van der Waals surface area contributed by atoms with Gasteiger partial charge in [-0.05, 0) is 33.1 Å². The minimum absolute atomic E-state index is 0.0902. The van der Waals surface area contributed by atoms with Crippen molar-refractivity contribution in [2.75, 3.05) is 6.61 Å². The van der Waals surface area contributed by atoms with Gasteiger partial charge >= 0.3 is 0 Å². The third-order valence-electron chi connectivity index (χ3n) is 2.22. The summed E-state index contributed by atoms with van der Waals surface area (Å²) in [4.78, 5) is 0. The standard InChI is InChI=1S/C9H16F2O/c1-6(2)12-5-7-4-8(7)9(3,10)11/h6-8H,4-5H2,1-3H3/t7-,8+/m0/s1. The molecule has 0 radical (unpaired) electrons. The number of rotatable bonds is 4. The van der Waals surface area contributed by atoms with E-state index in [0.717, 1.165) is 6.92 Å². The van der Waals surface area contributed by atoms with E-state index in [0.29, 0.717) is 13.0 Å². The maximum Gasteiger partial charge on any atom is 0.248 e. The fraction of sp³-hybridized carbons (Fsp3) is 1.00. The Morgan fingerprint density at radius 3 is 2.42 bits per heavy atom. The maximum absolute atomic E-state index is 12.6. The molecule has 0 aromatic carbocycles. The minimum atomic E-state index is -2.51. The largest absolute Gasteiger partial charge is 0.378 e. The normalized spacial score (nSPS) is 29.5. The third kappa shape index (κ3) is 2.70.